The minimum atomic E-state index is 0.943. The fourth-order valence-electron chi connectivity index (χ4n) is 3.23. The van der Waals surface area contributed by atoms with Crippen molar-refractivity contribution in [3.8, 4) is 11.1 Å². The lowest BCUT2D eigenvalue weighted by Crippen LogP contribution is -2.04. The second kappa shape index (κ2) is 10.5. The van der Waals surface area contributed by atoms with Crippen LogP contribution in [0.25, 0.3) is 11.1 Å². The Morgan fingerprint density at radius 3 is 2.23 bits per heavy atom. The molecule has 0 radical (unpaired) electrons. The maximum absolute atomic E-state index is 5.33. The van der Waals surface area contributed by atoms with Crippen LogP contribution in [0.2, 0.25) is 0 Å². The van der Waals surface area contributed by atoms with E-state index < -0.39 is 0 Å². The summed E-state index contributed by atoms with van der Waals surface area (Å²) in [6, 6.07) is 13.7. The summed E-state index contributed by atoms with van der Waals surface area (Å²) in [6.45, 7) is 6.32. The van der Waals surface area contributed by atoms with Crippen molar-refractivity contribution in [3.63, 3.8) is 0 Å². The topological polar surface area (TPSA) is 26.0 Å². The van der Waals surface area contributed by atoms with E-state index in [0.29, 0.717) is 0 Å². The van der Waals surface area contributed by atoms with Crippen LogP contribution in [0.3, 0.4) is 0 Å². The minimum absolute atomic E-state index is 0.943. The third-order valence-corrected chi connectivity index (χ3v) is 4.58. The van der Waals surface area contributed by atoms with Gasteiger partial charge in [-0.25, -0.2) is 0 Å². The molecule has 0 heterocycles. The average Bonchev–Trinajstić information content (AvgIpc) is 2.66. The van der Waals surface area contributed by atoms with Gasteiger partial charge in [-0.3, -0.25) is 0 Å². The van der Waals surface area contributed by atoms with E-state index in [1.54, 1.807) is 6.20 Å². The lowest BCUT2D eigenvalue weighted by Gasteiger charge is -2.21. The summed E-state index contributed by atoms with van der Waals surface area (Å²) < 4.78 is 0. The number of nitrogens with two attached hydrogens (primary N) is 1. The molecule has 0 bridgehead atoms. The predicted molar refractivity (Wildman–Crippen MR) is 115 cm³/mol. The normalized spacial score (nSPS) is 12.9. The fraction of sp³-hybridized carbons (Fsp3) is 0.280. The van der Waals surface area contributed by atoms with E-state index >= 15 is 0 Å². The SMILES string of the molecule is C/C=C\CC.Cc1ccc2c(c1)-c1cc(C/C=C\C=C/N)ccc1CC2. The number of hydrogen-bond acceptors (Lipinski definition) is 1. The van der Waals surface area contributed by atoms with Crippen LogP contribution in [0.4, 0.5) is 0 Å². The van der Waals surface area contributed by atoms with Crippen LogP contribution in [-0.2, 0) is 19.3 Å². The highest BCUT2D eigenvalue weighted by molar-refractivity contribution is 5.74. The van der Waals surface area contributed by atoms with E-state index in [-0.39, 0.29) is 0 Å². The molecule has 0 fully saturated rings. The zero-order valence-electron chi connectivity index (χ0n) is 16.3. The first-order chi connectivity index (χ1) is 12.7. The van der Waals surface area contributed by atoms with Crippen molar-refractivity contribution < 1.29 is 0 Å². The van der Waals surface area contributed by atoms with Gasteiger partial charge in [0.25, 0.3) is 0 Å². The van der Waals surface area contributed by atoms with Crippen LogP contribution in [0.1, 0.15) is 42.5 Å². The van der Waals surface area contributed by atoms with Crippen molar-refractivity contribution in [2.75, 3.05) is 0 Å². The van der Waals surface area contributed by atoms with Crippen LogP contribution in [0.15, 0.2) is 73.0 Å². The van der Waals surface area contributed by atoms with E-state index in [9.17, 15) is 0 Å². The monoisotopic (exact) mass is 345 g/mol. The number of benzene rings is 2. The lowest BCUT2D eigenvalue weighted by molar-refractivity contribution is 0.938. The molecule has 0 spiro atoms. The lowest BCUT2D eigenvalue weighted by atomic mass is 9.84. The summed E-state index contributed by atoms with van der Waals surface area (Å²) in [7, 11) is 0. The van der Waals surface area contributed by atoms with Crippen molar-refractivity contribution in [3.05, 3.63) is 95.2 Å². The van der Waals surface area contributed by atoms with E-state index in [1.165, 1.54) is 33.4 Å². The largest absolute Gasteiger partial charge is 0.405 e. The summed E-state index contributed by atoms with van der Waals surface area (Å²) >= 11 is 0. The summed E-state index contributed by atoms with van der Waals surface area (Å²) in [5.74, 6) is 0. The van der Waals surface area contributed by atoms with Gasteiger partial charge >= 0.3 is 0 Å². The van der Waals surface area contributed by atoms with Gasteiger partial charge in [0, 0.05) is 0 Å². The Balaban J connectivity index is 0.000000431. The van der Waals surface area contributed by atoms with Crippen LogP contribution >= 0.6 is 0 Å². The molecule has 1 aliphatic carbocycles. The fourth-order valence-corrected chi connectivity index (χ4v) is 3.23. The van der Waals surface area contributed by atoms with Gasteiger partial charge < -0.3 is 5.73 Å². The van der Waals surface area contributed by atoms with Gasteiger partial charge in [-0.15, -0.1) is 0 Å². The molecule has 0 saturated carbocycles. The molecular weight excluding hydrogens is 314 g/mol. The van der Waals surface area contributed by atoms with Gasteiger partial charge in [-0.2, -0.15) is 0 Å². The Hall–Kier alpha value is -2.54. The maximum Gasteiger partial charge on any atom is -0.00625 e. The third kappa shape index (κ3) is 5.49. The molecule has 0 amide bonds. The average molecular weight is 346 g/mol. The molecule has 2 aromatic rings. The zero-order valence-corrected chi connectivity index (χ0v) is 16.3. The molecule has 2 aromatic carbocycles. The van der Waals surface area contributed by atoms with Gasteiger partial charge in [0.05, 0.1) is 0 Å². The quantitative estimate of drug-likeness (QED) is 0.510. The van der Waals surface area contributed by atoms with Crippen LogP contribution in [0.5, 0.6) is 0 Å². The van der Waals surface area contributed by atoms with E-state index in [0.717, 1.165) is 25.7 Å². The van der Waals surface area contributed by atoms with E-state index in [4.69, 9.17) is 5.73 Å². The standard InChI is InChI=1S/C20H21N.C5H10/c1-15-6-8-17-10-11-18-9-7-16(5-3-2-4-12-21)14-20(18)19(17)13-15;1-3-5-4-2/h2-4,6-9,12-14H,5,10-11,21H2,1H3;3,5H,4H2,1-2H3/b3-2-,12-4-;5-3-. The Morgan fingerprint density at radius 2 is 1.62 bits per heavy atom. The predicted octanol–water partition coefficient (Wildman–Crippen LogP) is 6.30. The molecule has 0 aromatic heterocycles. The molecule has 3 rings (SSSR count). The van der Waals surface area contributed by atoms with Crippen molar-refractivity contribution in [1.29, 1.82) is 0 Å². The molecule has 0 unspecified atom stereocenters. The first-order valence-electron chi connectivity index (χ1n) is 9.55. The zero-order chi connectivity index (χ0) is 18.8. The number of aryl methyl sites for hydroxylation is 3. The number of fused-ring (bicyclic) bond motifs is 3. The molecule has 1 aliphatic rings. The van der Waals surface area contributed by atoms with Gasteiger partial charge in [-0.05, 0) is 79.6 Å². The number of rotatable bonds is 4. The van der Waals surface area contributed by atoms with Crippen molar-refractivity contribution >= 4 is 0 Å². The smallest absolute Gasteiger partial charge is 0.00625 e. The Kier molecular flexibility index (Phi) is 7.95. The number of allylic oxidation sites excluding steroid dienone is 5. The van der Waals surface area contributed by atoms with Crippen molar-refractivity contribution in [2.24, 2.45) is 5.73 Å². The Morgan fingerprint density at radius 1 is 0.923 bits per heavy atom. The van der Waals surface area contributed by atoms with Crippen LogP contribution in [0, 0.1) is 6.92 Å². The van der Waals surface area contributed by atoms with Gasteiger partial charge in [0.2, 0.25) is 0 Å². The second-order valence-electron chi connectivity index (χ2n) is 6.65. The molecule has 0 aliphatic heterocycles. The summed E-state index contributed by atoms with van der Waals surface area (Å²) in [5.41, 5.74) is 13.8. The van der Waals surface area contributed by atoms with Gasteiger partial charge in [-0.1, -0.05) is 73.2 Å². The minimum Gasteiger partial charge on any atom is -0.405 e. The molecule has 2 N–H and O–H groups in total. The summed E-state index contributed by atoms with van der Waals surface area (Å²) in [6.07, 6.45) is 16.2. The van der Waals surface area contributed by atoms with Crippen LogP contribution in [-0.4, -0.2) is 0 Å². The molecule has 0 atom stereocenters. The van der Waals surface area contributed by atoms with E-state index in [1.807, 2.05) is 19.1 Å². The first-order valence-corrected chi connectivity index (χ1v) is 9.55. The molecule has 1 nitrogen and oxygen atoms in total. The Labute approximate surface area is 159 Å². The molecule has 0 saturated heterocycles. The van der Waals surface area contributed by atoms with Crippen molar-refractivity contribution in [2.45, 2.75) is 46.5 Å². The first kappa shape index (κ1) is 19.8. The molecular formula is C25H31N. The van der Waals surface area contributed by atoms with Crippen molar-refractivity contribution in [1.82, 2.24) is 0 Å². The van der Waals surface area contributed by atoms with E-state index in [2.05, 4.69) is 68.5 Å². The second-order valence-corrected chi connectivity index (χ2v) is 6.65. The number of hydrogen-bond donors (Lipinski definition) is 1. The third-order valence-electron chi connectivity index (χ3n) is 4.58. The Bertz CT molecular complexity index is 794. The summed E-state index contributed by atoms with van der Waals surface area (Å²) in [4.78, 5) is 0. The molecule has 26 heavy (non-hydrogen) atoms. The van der Waals surface area contributed by atoms with Gasteiger partial charge in [0.1, 0.15) is 0 Å². The molecule has 1 heteroatoms. The van der Waals surface area contributed by atoms with Gasteiger partial charge in [0.15, 0.2) is 0 Å². The summed E-state index contributed by atoms with van der Waals surface area (Å²) in [5, 5.41) is 0. The maximum atomic E-state index is 5.33. The highest BCUT2D eigenvalue weighted by Crippen LogP contribution is 2.34. The van der Waals surface area contributed by atoms with Crippen LogP contribution < -0.4 is 5.73 Å². The highest BCUT2D eigenvalue weighted by Gasteiger charge is 2.16. The molecule has 136 valence electrons. The highest BCUT2D eigenvalue weighted by atomic mass is 14.5.